The first-order valence-corrected chi connectivity index (χ1v) is 8.40. The van der Waals surface area contributed by atoms with Crippen LogP contribution in [-0.2, 0) is 4.79 Å². The Hall–Kier alpha value is -1.91. The van der Waals surface area contributed by atoms with E-state index in [1.54, 1.807) is 40.5 Å². The molecule has 1 rings (SSSR count). The van der Waals surface area contributed by atoms with Crippen molar-refractivity contribution in [2.24, 2.45) is 10.4 Å². The number of carbonyl (C=O) groups is 1. The van der Waals surface area contributed by atoms with Crippen molar-refractivity contribution >= 4 is 41.5 Å². The van der Waals surface area contributed by atoms with E-state index in [0.717, 1.165) is 5.69 Å². The van der Waals surface area contributed by atoms with Crippen LogP contribution in [0.25, 0.3) is 0 Å². The quantitative estimate of drug-likeness (QED) is 0.292. The second-order valence-corrected chi connectivity index (χ2v) is 6.20. The number of benzene rings is 1. The van der Waals surface area contributed by atoms with Crippen LogP contribution in [0.4, 0.5) is 5.69 Å². The summed E-state index contributed by atoms with van der Waals surface area (Å²) in [7, 11) is 6.30. The number of ether oxygens (including phenoxy) is 3. The van der Waals surface area contributed by atoms with Crippen molar-refractivity contribution < 1.29 is 19.0 Å². The average Bonchev–Trinajstić information content (AvgIpc) is 2.64. The number of hydrogen-bond donors (Lipinski definition) is 3. The third kappa shape index (κ3) is 6.96. The number of amides is 1. The minimum Gasteiger partial charge on any atom is -0.493 e. The number of carbonyl (C=O) groups excluding carboxylic acids is 1. The zero-order valence-electron chi connectivity index (χ0n) is 17.1. The van der Waals surface area contributed by atoms with Crippen LogP contribution >= 0.6 is 24.0 Å². The van der Waals surface area contributed by atoms with Gasteiger partial charge in [-0.2, -0.15) is 0 Å². The largest absolute Gasteiger partial charge is 0.493 e. The summed E-state index contributed by atoms with van der Waals surface area (Å²) in [4.78, 5) is 16.5. The first-order valence-electron chi connectivity index (χ1n) is 8.40. The van der Waals surface area contributed by atoms with Crippen molar-refractivity contribution in [3.63, 3.8) is 0 Å². The first kappa shape index (κ1) is 25.1. The number of anilines is 1. The molecule has 0 radical (unpaired) electrons. The fraction of sp³-hybridized carbons (Fsp3) is 0.556. The monoisotopic (exact) mass is 494 g/mol. The molecule has 8 nitrogen and oxygen atoms in total. The number of aliphatic imine (C=N–C) groups is 1. The van der Waals surface area contributed by atoms with Gasteiger partial charge >= 0.3 is 0 Å². The summed E-state index contributed by atoms with van der Waals surface area (Å²) in [6.45, 7) is 6.66. The minimum absolute atomic E-state index is 0. The molecule has 0 fully saturated rings. The van der Waals surface area contributed by atoms with Gasteiger partial charge in [0.2, 0.25) is 11.7 Å². The molecule has 3 N–H and O–H groups in total. The Balaban J connectivity index is 0.00000676. The third-order valence-electron chi connectivity index (χ3n) is 3.75. The summed E-state index contributed by atoms with van der Waals surface area (Å²) >= 11 is 0. The second kappa shape index (κ2) is 11.7. The Morgan fingerprint density at radius 1 is 1.11 bits per heavy atom. The zero-order chi connectivity index (χ0) is 19.7. The molecule has 1 aromatic carbocycles. The molecule has 0 aliphatic rings. The van der Waals surface area contributed by atoms with E-state index in [4.69, 9.17) is 14.2 Å². The Kier molecular flexibility index (Phi) is 10.9. The van der Waals surface area contributed by atoms with Gasteiger partial charge in [-0.05, 0) is 20.8 Å². The van der Waals surface area contributed by atoms with Crippen molar-refractivity contribution in [2.75, 3.05) is 46.8 Å². The predicted molar refractivity (Wildman–Crippen MR) is 119 cm³/mol. The van der Waals surface area contributed by atoms with Gasteiger partial charge in [-0.3, -0.25) is 9.79 Å². The van der Waals surface area contributed by atoms with Crippen LogP contribution in [-0.4, -0.2) is 53.3 Å². The third-order valence-corrected chi connectivity index (χ3v) is 3.75. The lowest BCUT2D eigenvalue weighted by Crippen LogP contribution is -2.38. The van der Waals surface area contributed by atoms with Crippen LogP contribution in [0.15, 0.2) is 17.1 Å². The summed E-state index contributed by atoms with van der Waals surface area (Å²) < 4.78 is 16.1. The standard InChI is InChI=1S/C18H30N4O4.HI/c1-8-20-17(21-11-18(2,3)16(23)19-4)22-12-9-13(24-5)15(26-7)14(10-12)25-6;/h9-10H,8,11H2,1-7H3,(H,19,23)(H2,20,21,22);1H. The number of rotatable bonds is 8. The fourth-order valence-electron chi connectivity index (χ4n) is 2.28. The lowest BCUT2D eigenvalue weighted by molar-refractivity contribution is -0.128. The molecule has 0 unspecified atom stereocenters. The van der Waals surface area contributed by atoms with Gasteiger partial charge in [-0.25, -0.2) is 0 Å². The van der Waals surface area contributed by atoms with E-state index in [-0.39, 0.29) is 29.9 Å². The van der Waals surface area contributed by atoms with Crippen LogP contribution in [0.3, 0.4) is 0 Å². The SMILES string of the molecule is CCNC(=NCC(C)(C)C(=O)NC)Nc1cc(OC)c(OC)c(OC)c1.I. The molecule has 0 heterocycles. The first-order chi connectivity index (χ1) is 12.3. The normalized spacial score (nSPS) is 11.1. The molecule has 154 valence electrons. The van der Waals surface area contributed by atoms with Gasteiger partial charge in [0.1, 0.15) is 0 Å². The number of nitrogens with one attached hydrogen (secondary N) is 3. The van der Waals surface area contributed by atoms with Gasteiger partial charge in [0, 0.05) is 31.4 Å². The fourth-order valence-corrected chi connectivity index (χ4v) is 2.28. The molecule has 0 atom stereocenters. The van der Waals surface area contributed by atoms with Crippen molar-refractivity contribution in [3.05, 3.63) is 12.1 Å². The predicted octanol–water partition coefficient (Wildman–Crippen LogP) is 2.48. The van der Waals surface area contributed by atoms with Gasteiger partial charge in [-0.15, -0.1) is 24.0 Å². The number of nitrogens with zero attached hydrogens (tertiary/aromatic N) is 1. The number of halogens is 1. The molecule has 1 amide bonds. The average molecular weight is 494 g/mol. The van der Waals surface area contributed by atoms with E-state index in [0.29, 0.717) is 36.3 Å². The van der Waals surface area contributed by atoms with Crippen LogP contribution < -0.4 is 30.2 Å². The Bertz CT molecular complexity index is 625. The summed E-state index contributed by atoms with van der Waals surface area (Å²) in [5, 5.41) is 9.02. The highest BCUT2D eigenvalue weighted by molar-refractivity contribution is 14.0. The van der Waals surface area contributed by atoms with Gasteiger partial charge in [0.05, 0.1) is 33.3 Å². The van der Waals surface area contributed by atoms with Crippen LogP contribution in [0.1, 0.15) is 20.8 Å². The summed E-state index contributed by atoms with van der Waals surface area (Å²) in [5.74, 6) is 2.08. The number of methoxy groups -OCH3 is 3. The topological polar surface area (TPSA) is 93.2 Å². The van der Waals surface area contributed by atoms with Crippen molar-refractivity contribution in [1.82, 2.24) is 10.6 Å². The molecule has 0 spiro atoms. The molecule has 9 heteroatoms. The Labute approximate surface area is 178 Å². The van der Waals surface area contributed by atoms with Crippen molar-refractivity contribution in [3.8, 4) is 17.2 Å². The molecule has 0 saturated heterocycles. The molecule has 0 saturated carbocycles. The Morgan fingerprint density at radius 2 is 1.67 bits per heavy atom. The highest BCUT2D eigenvalue weighted by atomic mass is 127. The molecule has 0 aromatic heterocycles. The van der Waals surface area contributed by atoms with E-state index < -0.39 is 5.41 Å². The lowest BCUT2D eigenvalue weighted by Gasteiger charge is -2.21. The molecule has 0 bridgehead atoms. The van der Waals surface area contributed by atoms with Gasteiger partial charge < -0.3 is 30.2 Å². The van der Waals surface area contributed by atoms with Crippen molar-refractivity contribution in [1.29, 1.82) is 0 Å². The maximum Gasteiger partial charge on any atom is 0.227 e. The second-order valence-electron chi connectivity index (χ2n) is 6.20. The smallest absolute Gasteiger partial charge is 0.227 e. The van der Waals surface area contributed by atoms with E-state index >= 15 is 0 Å². The van der Waals surface area contributed by atoms with E-state index in [9.17, 15) is 4.79 Å². The summed E-state index contributed by atoms with van der Waals surface area (Å²) in [6, 6.07) is 3.58. The van der Waals surface area contributed by atoms with Crippen LogP contribution in [0.2, 0.25) is 0 Å². The van der Waals surface area contributed by atoms with Crippen LogP contribution in [0.5, 0.6) is 17.2 Å². The zero-order valence-corrected chi connectivity index (χ0v) is 19.4. The summed E-state index contributed by atoms with van der Waals surface area (Å²) in [6.07, 6.45) is 0. The van der Waals surface area contributed by atoms with Gasteiger partial charge in [0.15, 0.2) is 17.5 Å². The summed E-state index contributed by atoms with van der Waals surface area (Å²) in [5.41, 5.74) is 0.101. The number of hydrogen-bond acceptors (Lipinski definition) is 5. The van der Waals surface area contributed by atoms with Crippen molar-refractivity contribution in [2.45, 2.75) is 20.8 Å². The maximum atomic E-state index is 11.9. The molecule has 1 aromatic rings. The van der Waals surface area contributed by atoms with E-state index in [2.05, 4.69) is 20.9 Å². The molecule has 0 aliphatic heterocycles. The van der Waals surface area contributed by atoms with Gasteiger partial charge in [0.25, 0.3) is 0 Å². The highest BCUT2D eigenvalue weighted by Gasteiger charge is 2.26. The lowest BCUT2D eigenvalue weighted by atomic mass is 9.93. The number of guanidine groups is 1. The molecular formula is C18H31IN4O4. The Morgan fingerprint density at radius 3 is 2.07 bits per heavy atom. The maximum absolute atomic E-state index is 11.9. The molecular weight excluding hydrogens is 463 g/mol. The molecule has 0 aliphatic carbocycles. The highest BCUT2D eigenvalue weighted by Crippen LogP contribution is 2.39. The van der Waals surface area contributed by atoms with E-state index in [1.807, 2.05) is 20.8 Å². The van der Waals surface area contributed by atoms with Gasteiger partial charge in [-0.1, -0.05) is 0 Å². The molecule has 27 heavy (non-hydrogen) atoms. The van der Waals surface area contributed by atoms with Crippen LogP contribution in [0, 0.1) is 5.41 Å². The van der Waals surface area contributed by atoms with E-state index in [1.165, 1.54) is 0 Å². The minimum atomic E-state index is -0.619.